The molecule has 0 aliphatic rings. The van der Waals surface area contributed by atoms with Crippen molar-refractivity contribution in [3.63, 3.8) is 0 Å². The molecule has 1 rings (SSSR count). The van der Waals surface area contributed by atoms with E-state index in [1.807, 2.05) is 0 Å². The summed E-state index contributed by atoms with van der Waals surface area (Å²) in [5, 5.41) is 0.650. The minimum absolute atomic E-state index is 0. The summed E-state index contributed by atoms with van der Waals surface area (Å²) < 4.78 is 5.29. The Morgan fingerprint density at radius 2 is 1.11 bits per heavy atom. The normalized spacial score (nSPS) is 10.5. The first-order valence-electron chi connectivity index (χ1n) is 11.2. The first kappa shape index (κ1) is 28.2. The number of hydrogen-bond acceptors (Lipinski definition) is 2. The van der Waals surface area contributed by atoms with Gasteiger partial charge in [0.2, 0.25) is 0 Å². The average Bonchev–Trinajstić information content (AvgIpc) is 2.66. The van der Waals surface area contributed by atoms with Crippen LogP contribution in [0.5, 0.6) is 5.75 Å². The second-order valence-corrected chi connectivity index (χ2v) is 8.06. The monoisotopic (exact) mass is 436 g/mol. The standard InChI is InChI=1S/C24H39ClO2.Ca.2H/c1-2-3-4-5-6-7-8-9-10-11-12-13-14-15-16-17-24(26)27-23-20-18-22(25)19-21-23;;;/h18-21H,2-17H2,1H3;;;. The molecule has 0 N–H and O–H groups in total. The summed E-state index contributed by atoms with van der Waals surface area (Å²) in [4.78, 5) is 11.8. The Balaban J connectivity index is 0.00000729. The van der Waals surface area contributed by atoms with E-state index in [-0.39, 0.29) is 43.7 Å². The maximum absolute atomic E-state index is 11.8. The molecule has 0 saturated heterocycles. The van der Waals surface area contributed by atoms with Gasteiger partial charge in [-0.25, -0.2) is 0 Å². The molecule has 2 nitrogen and oxygen atoms in total. The van der Waals surface area contributed by atoms with Gasteiger partial charge in [0.25, 0.3) is 0 Å². The van der Waals surface area contributed by atoms with Gasteiger partial charge in [0.05, 0.1) is 0 Å². The van der Waals surface area contributed by atoms with E-state index in [0.29, 0.717) is 17.2 Å². The van der Waals surface area contributed by atoms with Crippen LogP contribution in [-0.4, -0.2) is 43.7 Å². The molecule has 1 aromatic rings. The molecular weight excluding hydrogens is 396 g/mol. The Morgan fingerprint density at radius 1 is 0.714 bits per heavy atom. The number of ether oxygens (including phenoxy) is 1. The predicted octanol–water partition coefficient (Wildman–Crippen LogP) is 7.59. The molecule has 0 radical (unpaired) electrons. The van der Waals surface area contributed by atoms with Crippen LogP contribution < -0.4 is 4.74 Å². The van der Waals surface area contributed by atoms with Gasteiger partial charge in [-0.2, -0.15) is 0 Å². The molecule has 1 aromatic carbocycles. The van der Waals surface area contributed by atoms with Crippen molar-refractivity contribution in [1.82, 2.24) is 0 Å². The topological polar surface area (TPSA) is 26.3 Å². The van der Waals surface area contributed by atoms with Crippen molar-refractivity contribution in [2.45, 2.75) is 110 Å². The van der Waals surface area contributed by atoms with E-state index >= 15 is 0 Å². The van der Waals surface area contributed by atoms with Gasteiger partial charge in [0, 0.05) is 11.4 Å². The Morgan fingerprint density at radius 3 is 1.54 bits per heavy atom. The van der Waals surface area contributed by atoms with Crippen LogP contribution in [0.3, 0.4) is 0 Å². The molecule has 0 atom stereocenters. The van der Waals surface area contributed by atoms with Crippen LogP contribution in [0.4, 0.5) is 0 Å². The van der Waals surface area contributed by atoms with Crippen LogP contribution in [0.15, 0.2) is 24.3 Å². The zero-order chi connectivity index (χ0) is 19.6. The summed E-state index contributed by atoms with van der Waals surface area (Å²) in [6.07, 6.45) is 20.5. The summed E-state index contributed by atoms with van der Waals surface area (Å²) in [5.74, 6) is 0.428. The molecule has 158 valence electrons. The van der Waals surface area contributed by atoms with Crippen molar-refractivity contribution in [3.8, 4) is 5.75 Å². The van der Waals surface area contributed by atoms with Crippen molar-refractivity contribution in [2.75, 3.05) is 0 Å². The Labute approximate surface area is 208 Å². The molecule has 0 saturated carbocycles. The van der Waals surface area contributed by atoms with E-state index in [2.05, 4.69) is 6.92 Å². The summed E-state index contributed by atoms with van der Waals surface area (Å²) in [6, 6.07) is 6.93. The van der Waals surface area contributed by atoms with E-state index in [9.17, 15) is 4.79 Å². The molecule has 0 fully saturated rings. The molecule has 4 heteroatoms. The Kier molecular flexibility index (Phi) is 20.7. The zero-order valence-electron chi connectivity index (χ0n) is 17.3. The van der Waals surface area contributed by atoms with Crippen LogP contribution in [0.2, 0.25) is 5.02 Å². The number of carbonyl (C=O) groups is 1. The summed E-state index contributed by atoms with van der Waals surface area (Å²) >= 11 is 5.81. The maximum atomic E-state index is 11.8. The number of unbranched alkanes of at least 4 members (excludes halogenated alkanes) is 14. The Bertz CT molecular complexity index is 476. The van der Waals surface area contributed by atoms with E-state index in [0.717, 1.165) is 12.8 Å². The van der Waals surface area contributed by atoms with Gasteiger partial charge in [0.1, 0.15) is 5.75 Å². The SMILES string of the molecule is CCCCCCCCCCCCCCCCCC(=O)Oc1ccc(Cl)cc1.[CaH2]. The molecule has 28 heavy (non-hydrogen) atoms. The van der Waals surface area contributed by atoms with Crippen molar-refractivity contribution in [2.24, 2.45) is 0 Å². The number of esters is 1. The fourth-order valence-electron chi connectivity index (χ4n) is 3.33. The Hall–Kier alpha value is 0.240. The average molecular weight is 437 g/mol. The van der Waals surface area contributed by atoms with Crippen molar-refractivity contribution in [3.05, 3.63) is 29.3 Å². The summed E-state index contributed by atoms with van der Waals surface area (Å²) in [7, 11) is 0. The molecule has 0 aliphatic carbocycles. The van der Waals surface area contributed by atoms with Gasteiger partial charge >= 0.3 is 43.7 Å². The fourth-order valence-corrected chi connectivity index (χ4v) is 3.45. The molecule has 0 amide bonds. The van der Waals surface area contributed by atoms with Crippen LogP contribution in [0.1, 0.15) is 110 Å². The number of hydrogen-bond donors (Lipinski definition) is 0. The molecular formula is C24H41CaClO2. The first-order valence-corrected chi connectivity index (χ1v) is 11.6. The molecule has 0 unspecified atom stereocenters. The van der Waals surface area contributed by atoms with E-state index in [1.54, 1.807) is 24.3 Å². The van der Waals surface area contributed by atoms with Crippen LogP contribution in [0, 0.1) is 0 Å². The van der Waals surface area contributed by atoms with E-state index in [1.165, 1.54) is 83.5 Å². The third-order valence-electron chi connectivity index (χ3n) is 5.03. The third kappa shape index (κ3) is 17.1. The third-order valence-corrected chi connectivity index (χ3v) is 5.28. The van der Waals surface area contributed by atoms with Crippen molar-refractivity contribution < 1.29 is 9.53 Å². The molecule has 0 aromatic heterocycles. The van der Waals surface area contributed by atoms with Gasteiger partial charge in [-0.05, 0) is 30.7 Å². The van der Waals surface area contributed by atoms with Crippen LogP contribution in [0.25, 0.3) is 0 Å². The number of rotatable bonds is 17. The summed E-state index contributed by atoms with van der Waals surface area (Å²) in [6.45, 7) is 2.27. The van der Waals surface area contributed by atoms with E-state index in [4.69, 9.17) is 16.3 Å². The quantitative estimate of drug-likeness (QED) is 0.109. The molecule has 0 heterocycles. The second kappa shape index (κ2) is 20.5. The van der Waals surface area contributed by atoms with Crippen LogP contribution >= 0.6 is 11.6 Å². The van der Waals surface area contributed by atoms with Crippen molar-refractivity contribution >= 4 is 55.3 Å². The van der Waals surface area contributed by atoms with Gasteiger partial charge < -0.3 is 4.74 Å². The van der Waals surface area contributed by atoms with Gasteiger partial charge in [-0.3, -0.25) is 4.79 Å². The van der Waals surface area contributed by atoms with Crippen molar-refractivity contribution in [1.29, 1.82) is 0 Å². The second-order valence-electron chi connectivity index (χ2n) is 7.63. The first-order chi connectivity index (χ1) is 13.2. The molecule has 0 aliphatic heterocycles. The van der Waals surface area contributed by atoms with Gasteiger partial charge in [-0.1, -0.05) is 108 Å². The number of benzene rings is 1. The van der Waals surface area contributed by atoms with Gasteiger partial charge in [-0.15, -0.1) is 0 Å². The number of carbonyl (C=O) groups excluding carboxylic acids is 1. The summed E-state index contributed by atoms with van der Waals surface area (Å²) in [5.41, 5.74) is 0. The predicted molar refractivity (Wildman–Crippen MR) is 125 cm³/mol. The zero-order valence-corrected chi connectivity index (χ0v) is 18.1. The van der Waals surface area contributed by atoms with Crippen LogP contribution in [-0.2, 0) is 4.79 Å². The fraction of sp³-hybridized carbons (Fsp3) is 0.708. The molecule has 0 bridgehead atoms. The number of halogens is 1. The molecule has 0 spiro atoms. The van der Waals surface area contributed by atoms with Gasteiger partial charge in [0.15, 0.2) is 0 Å². The minimum atomic E-state index is -0.146. The van der Waals surface area contributed by atoms with E-state index < -0.39 is 0 Å².